The van der Waals surface area contributed by atoms with Crippen molar-refractivity contribution < 1.29 is 31.9 Å². The van der Waals surface area contributed by atoms with E-state index in [1.807, 2.05) is 0 Å². The fourth-order valence-electron chi connectivity index (χ4n) is 1.62. The Kier molecular flexibility index (Phi) is 4.50. The largest absolute Gasteiger partial charge is 0.472 e. The molecule has 1 N–H and O–H groups in total. The smallest absolute Gasteiger partial charge is 0.418 e. The molecule has 0 saturated heterocycles. The number of para-hydroxylation sites is 1. The third kappa shape index (κ3) is 3.87. The fraction of sp³-hybridized carbons (Fsp3) is 0.143. The lowest BCUT2D eigenvalue weighted by molar-refractivity contribution is -0.137. The van der Waals surface area contributed by atoms with E-state index in [2.05, 4.69) is 14.5 Å². The molecule has 0 fully saturated rings. The first-order valence-electron chi connectivity index (χ1n) is 6.03. The standard InChI is InChI=1S/C14H10F3NO4/c15-14(16,17)10-3-1-2-4-11(10)18-12(19)8-22-13(20)9-5-6-21-7-9/h1-7H,8H2,(H,18,19). The Labute approximate surface area is 122 Å². The van der Waals surface area contributed by atoms with Crippen molar-refractivity contribution in [2.45, 2.75) is 6.18 Å². The summed E-state index contributed by atoms with van der Waals surface area (Å²) in [6.45, 7) is -0.712. The van der Waals surface area contributed by atoms with Gasteiger partial charge < -0.3 is 14.5 Å². The number of hydrogen-bond donors (Lipinski definition) is 1. The van der Waals surface area contributed by atoms with Crippen LogP contribution in [0.2, 0.25) is 0 Å². The number of alkyl halides is 3. The molecule has 1 amide bonds. The summed E-state index contributed by atoms with van der Waals surface area (Å²) in [5.74, 6) is -1.69. The van der Waals surface area contributed by atoms with Crippen LogP contribution in [0, 0.1) is 0 Å². The number of furan rings is 1. The summed E-state index contributed by atoms with van der Waals surface area (Å²) in [6.07, 6.45) is -2.23. The van der Waals surface area contributed by atoms with Crippen molar-refractivity contribution in [1.29, 1.82) is 0 Å². The third-order valence-electron chi connectivity index (χ3n) is 2.60. The van der Waals surface area contributed by atoms with Gasteiger partial charge in [-0.2, -0.15) is 13.2 Å². The minimum Gasteiger partial charge on any atom is -0.472 e. The highest BCUT2D eigenvalue weighted by Gasteiger charge is 2.33. The average Bonchev–Trinajstić information content (AvgIpc) is 2.98. The van der Waals surface area contributed by atoms with Gasteiger partial charge in [-0.05, 0) is 18.2 Å². The summed E-state index contributed by atoms with van der Waals surface area (Å²) in [5, 5.41) is 2.06. The Balaban J connectivity index is 1.97. The molecule has 5 nitrogen and oxygen atoms in total. The van der Waals surface area contributed by atoms with Crippen molar-refractivity contribution in [3.05, 3.63) is 54.0 Å². The van der Waals surface area contributed by atoms with Crippen LogP contribution in [0.3, 0.4) is 0 Å². The molecule has 1 heterocycles. The van der Waals surface area contributed by atoms with Crippen molar-refractivity contribution in [1.82, 2.24) is 0 Å². The second kappa shape index (κ2) is 6.33. The average molecular weight is 313 g/mol. The Bertz CT molecular complexity index is 665. The number of anilines is 1. The predicted molar refractivity (Wildman–Crippen MR) is 69.1 cm³/mol. The van der Waals surface area contributed by atoms with E-state index in [9.17, 15) is 22.8 Å². The number of carbonyl (C=O) groups excluding carboxylic acids is 2. The van der Waals surface area contributed by atoms with Crippen LogP contribution < -0.4 is 5.32 Å². The second-order valence-corrected chi connectivity index (χ2v) is 4.18. The summed E-state index contributed by atoms with van der Waals surface area (Å²) < 4.78 is 47.6. The molecule has 116 valence electrons. The summed E-state index contributed by atoms with van der Waals surface area (Å²) in [4.78, 5) is 23.0. The van der Waals surface area contributed by atoms with Crippen molar-refractivity contribution in [2.75, 3.05) is 11.9 Å². The lowest BCUT2D eigenvalue weighted by Crippen LogP contribution is -2.22. The molecule has 0 bridgehead atoms. The van der Waals surface area contributed by atoms with Crippen LogP contribution in [-0.4, -0.2) is 18.5 Å². The molecule has 22 heavy (non-hydrogen) atoms. The summed E-state index contributed by atoms with van der Waals surface area (Å²) in [6, 6.07) is 5.84. The van der Waals surface area contributed by atoms with Crippen molar-refractivity contribution in [3.8, 4) is 0 Å². The number of nitrogens with one attached hydrogen (secondary N) is 1. The maximum absolute atomic E-state index is 12.8. The van der Waals surface area contributed by atoms with Gasteiger partial charge in [-0.1, -0.05) is 12.1 Å². The molecule has 0 spiro atoms. The molecule has 8 heteroatoms. The van der Waals surface area contributed by atoms with Crippen molar-refractivity contribution in [2.24, 2.45) is 0 Å². The minimum absolute atomic E-state index is 0.100. The van der Waals surface area contributed by atoms with E-state index in [0.29, 0.717) is 0 Å². The number of amides is 1. The Hall–Kier alpha value is -2.77. The number of carbonyl (C=O) groups is 2. The minimum atomic E-state index is -4.60. The maximum Gasteiger partial charge on any atom is 0.418 e. The Morgan fingerprint density at radius 1 is 1.18 bits per heavy atom. The first kappa shape index (κ1) is 15.6. The van der Waals surface area contributed by atoms with Gasteiger partial charge in [0, 0.05) is 0 Å². The van der Waals surface area contributed by atoms with Gasteiger partial charge in [-0.15, -0.1) is 0 Å². The van der Waals surface area contributed by atoms with E-state index in [1.54, 1.807) is 0 Å². The Morgan fingerprint density at radius 2 is 1.91 bits per heavy atom. The number of ether oxygens (including phenoxy) is 1. The first-order valence-corrected chi connectivity index (χ1v) is 6.03. The van der Waals surface area contributed by atoms with Crippen LogP contribution in [0.4, 0.5) is 18.9 Å². The van der Waals surface area contributed by atoms with Gasteiger partial charge in [0.2, 0.25) is 0 Å². The van der Waals surface area contributed by atoms with E-state index in [-0.39, 0.29) is 5.56 Å². The lowest BCUT2D eigenvalue weighted by atomic mass is 10.1. The molecule has 0 aliphatic carbocycles. The number of rotatable bonds is 4. The lowest BCUT2D eigenvalue weighted by Gasteiger charge is -2.13. The topological polar surface area (TPSA) is 68.5 Å². The third-order valence-corrected chi connectivity index (χ3v) is 2.60. The normalized spacial score (nSPS) is 11.0. The molecule has 2 rings (SSSR count). The zero-order valence-corrected chi connectivity index (χ0v) is 11.0. The maximum atomic E-state index is 12.8. The van der Waals surface area contributed by atoms with Crippen LogP contribution in [0.5, 0.6) is 0 Å². The molecule has 1 aromatic heterocycles. The molecular weight excluding hydrogens is 303 g/mol. The van der Waals surface area contributed by atoms with Gasteiger partial charge >= 0.3 is 12.1 Å². The molecule has 0 atom stereocenters. The zero-order chi connectivity index (χ0) is 16.2. The van der Waals surface area contributed by atoms with E-state index >= 15 is 0 Å². The second-order valence-electron chi connectivity index (χ2n) is 4.18. The van der Waals surface area contributed by atoms with Gasteiger partial charge in [0.25, 0.3) is 5.91 Å². The number of hydrogen-bond acceptors (Lipinski definition) is 4. The quantitative estimate of drug-likeness (QED) is 0.881. The molecule has 2 aromatic rings. The van der Waals surface area contributed by atoms with Crippen LogP contribution in [0.1, 0.15) is 15.9 Å². The molecular formula is C14H10F3NO4. The van der Waals surface area contributed by atoms with Gasteiger partial charge in [0.1, 0.15) is 6.26 Å². The monoisotopic (exact) mass is 313 g/mol. The highest BCUT2D eigenvalue weighted by molar-refractivity contribution is 5.95. The number of esters is 1. The van der Waals surface area contributed by atoms with Gasteiger partial charge in [-0.25, -0.2) is 4.79 Å². The summed E-state index contributed by atoms with van der Waals surface area (Å²) in [5.41, 5.74) is -1.28. The fourth-order valence-corrected chi connectivity index (χ4v) is 1.62. The molecule has 0 radical (unpaired) electrons. The number of benzene rings is 1. The SMILES string of the molecule is O=C(COC(=O)c1ccoc1)Nc1ccccc1C(F)(F)F. The molecule has 0 unspecified atom stereocenters. The molecule has 1 aromatic carbocycles. The number of halogens is 3. The first-order chi connectivity index (χ1) is 10.4. The van der Waals surface area contributed by atoms with Gasteiger partial charge in [-0.3, -0.25) is 4.79 Å². The van der Waals surface area contributed by atoms with Crippen LogP contribution >= 0.6 is 0 Å². The van der Waals surface area contributed by atoms with Crippen LogP contribution in [0.15, 0.2) is 47.3 Å². The highest BCUT2D eigenvalue weighted by atomic mass is 19.4. The summed E-state index contributed by atoms with van der Waals surface area (Å²) in [7, 11) is 0. The van der Waals surface area contributed by atoms with E-state index in [4.69, 9.17) is 0 Å². The van der Waals surface area contributed by atoms with Crippen molar-refractivity contribution >= 4 is 17.6 Å². The molecule has 0 saturated carbocycles. The van der Waals surface area contributed by atoms with Crippen LogP contribution in [-0.2, 0) is 15.7 Å². The van der Waals surface area contributed by atoms with E-state index < -0.39 is 35.9 Å². The van der Waals surface area contributed by atoms with E-state index in [1.165, 1.54) is 24.5 Å². The predicted octanol–water partition coefficient (Wildman–Crippen LogP) is 3.09. The van der Waals surface area contributed by atoms with Gasteiger partial charge in [0.15, 0.2) is 6.61 Å². The molecule has 0 aliphatic rings. The Morgan fingerprint density at radius 3 is 2.55 bits per heavy atom. The summed E-state index contributed by atoms with van der Waals surface area (Å²) >= 11 is 0. The van der Waals surface area contributed by atoms with Crippen molar-refractivity contribution in [3.63, 3.8) is 0 Å². The van der Waals surface area contributed by atoms with Gasteiger partial charge in [0.05, 0.1) is 23.1 Å². The zero-order valence-electron chi connectivity index (χ0n) is 11.0. The van der Waals surface area contributed by atoms with E-state index in [0.717, 1.165) is 18.4 Å². The highest BCUT2D eigenvalue weighted by Crippen LogP contribution is 2.34. The van der Waals surface area contributed by atoms with Crippen LogP contribution in [0.25, 0.3) is 0 Å². The molecule has 0 aliphatic heterocycles.